The molecule has 1 fully saturated rings. The van der Waals surface area contributed by atoms with Crippen LogP contribution in [0.1, 0.15) is 23.3 Å². The van der Waals surface area contributed by atoms with Gasteiger partial charge in [-0.15, -0.1) is 5.10 Å². The molecule has 2 heterocycles. The van der Waals surface area contributed by atoms with Gasteiger partial charge in [-0.1, -0.05) is 5.21 Å². The van der Waals surface area contributed by atoms with Gasteiger partial charge in [0.1, 0.15) is 17.0 Å². The van der Waals surface area contributed by atoms with Crippen LogP contribution in [0.5, 0.6) is 11.5 Å². The molecular formula is C16H13BrN4O2. The standard InChI is InChI=1S/C16H13BrN4O2/c17-15-14(23-13-2-1-7-18-11(13)9-22)6-5-12-16(15)19-20-21(12)8-10-3-4-10/h1-2,5-7,9-10H,3-4,8H2. The Kier molecular flexibility index (Phi) is 3.57. The predicted octanol–water partition coefficient (Wildman–Crippen LogP) is 3.60. The number of halogens is 1. The molecule has 1 aromatic carbocycles. The Morgan fingerprint density at radius 2 is 2.17 bits per heavy atom. The van der Waals surface area contributed by atoms with Gasteiger partial charge in [0.05, 0.1) is 9.99 Å². The molecule has 6 nitrogen and oxygen atoms in total. The van der Waals surface area contributed by atoms with Gasteiger partial charge in [0.15, 0.2) is 12.0 Å². The lowest BCUT2D eigenvalue weighted by atomic mass is 10.2. The molecule has 7 heteroatoms. The summed E-state index contributed by atoms with van der Waals surface area (Å²) >= 11 is 3.53. The zero-order valence-electron chi connectivity index (χ0n) is 12.1. The molecule has 0 radical (unpaired) electrons. The first-order chi connectivity index (χ1) is 11.3. The van der Waals surface area contributed by atoms with Crippen LogP contribution in [0.2, 0.25) is 0 Å². The predicted molar refractivity (Wildman–Crippen MR) is 87.7 cm³/mol. The van der Waals surface area contributed by atoms with Crippen molar-refractivity contribution in [3.63, 3.8) is 0 Å². The number of aldehydes is 1. The molecule has 0 bridgehead atoms. The minimum absolute atomic E-state index is 0.261. The Morgan fingerprint density at radius 3 is 2.96 bits per heavy atom. The third-order valence-corrected chi connectivity index (χ3v) is 4.62. The van der Waals surface area contributed by atoms with Crippen LogP contribution < -0.4 is 4.74 Å². The van der Waals surface area contributed by atoms with Crippen molar-refractivity contribution in [1.82, 2.24) is 20.0 Å². The highest BCUT2D eigenvalue weighted by Gasteiger charge is 2.24. The number of ether oxygens (including phenoxy) is 1. The van der Waals surface area contributed by atoms with Crippen LogP contribution in [0.4, 0.5) is 0 Å². The molecule has 1 aliphatic rings. The van der Waals surface area contributed by atoms with Crippen LogP contribution >= 0.6 is 15.9 Å². The van der Waals surface area contributed by atoms with Crippen molar-refractivity contribution in [2.45, 2.75) is 19.4 Å². The van der Waals surface area contributed by atoms with Crippen molar-refractivity contribution < 1.29 is 9.53 Å². The van der Waals surface area contributed by atoms with Gasteiger partial charge in [-0.05, 0) is 59.0 Å². The van der Waals surface area contributed by atoms with E-state index < -0.39 is 0 Å². The molecule has 0 atom stereocenters. The van der Waals surface area contributed by atoms with Crippen molar-refractivity contribution >= 4 is 33.2 Å². The Balaban J connectivity index is 1.70. The van der Waals surface area contributed by atoms with E-state index in [1.54, 1.807) is 18.3 Å². The Labute approximate surface area is 140 Å². The molecular weight excluding hydrogens is 360 g/mol. The fourth-order valence-corrected chi connectivity index (χ4v) is 2.94. The molecule has 0 unspecified atom stereocenters. The fourth-order valence-electron chi connectivity index (χ4n) is 2.44. The van der Waals surface area contributed by atoms with E-state index in [0.29, 0.717) is 17.8 Å². The van der Waals surface area contributed by atoms with E-state index in [1.807, 2.05) is 16.8 Å². The van der Waals surface area contributed by atoms with Gasteiger partial charge in [-0.25, -0.2) is 9.67 Å². The largest absolute Gasteiger partial charge is 0.454 e. The molecule has 2 aromatic heterocycles. The lowest BCUT2D eigenvalue weighted by molar-refractivity contribution is 0.111. The van der Waals surface area contributed by atoms with Crippen molar-refractivity contribution in [1.29, 1.82) is 0 Å². The summed E-state index contributed by atoms with van der Waals surface area (Å²) in [5.41, 5.74) is 1.98. The molecule has 0 spiro atoms. The zero-order chi connectivity index (χ0) is 15.8. The Hall–Kier alpha value is -2.28. The first-order valence-corrected chi connectivity index (χ1v) is 8.15. The van der Waals surface area contributed by atoms with Crippen LogP contribution in [0, 0.1) is 5.92 Å². The van der Waals surface area contributed by atoms with E-state index in [-0.39, 0.29) is 5.69 Å². The minimum atomic E-state index is 0.261. The summed E-state index contributed by atoms with van der Waals surface area (Å²) < 4.78 is 8.48. The minimum Gasteiger partial charge on any atom is -0.454 e. The van der Waals surface area contributed by atoms with Gasteiger partial charge in [-0.2, -0.15) is 0 Å². The summed E-state index contributed by atoms with van der Waals surface area (Å²) in [5.74, 6) is 1.71. The second-order valence-electron chi connectivity index (χ2n) is 5.57. The van der Waals surface area contributed by atoms with E-state index in [9.17, 15) is 4.79 Å². The molecule has 0 saturated heterocycles. The molecule has 3 aromatic rings. The topological polar surface area (TPSA) is 69.9 Å². The van der Waals surface area contributed by atoms with E-state index >= 15 is 0 Å². The number of pyridine rings is 1. The number of fused-ring (bicyclic) bond motifs is 1. The van der Waals surface area contributed by atoms with Gasteiger partial charge < -0.3 is 4.74 Å². The normalized spacial score (nSPS) is 14.1. The summed E-state index contributed by atoms with van der Waals surface area (Å²) in [7, 11) is 0. The van der Waals surface area contributed by atoms with Crippen LogP contribution in [0.25, 0.3) is 11.0 Å². The van der Waals surface area contributed by atoms with Crippen molar-refractivity contribution in [2.75, 3.05) is 0 Å². The van der Waals surface area contributed by atoms with Gasteiger partial charge >= 0.3 is 0 Å². The maximum atomic E-state index is 11.0. The summed E-state index contributed by atoms with van der Waals surface area (Å²) in [6, 6.07) is 7.22. The average molecular weight is 373 g/mol. The molecule has 1 aliphatic carbocycles. The zero-order valence-corrected chi connectivity index (χ0v) is 13.7. The third kappa shape index (κ3) is 2.72. The molecule has 0 N–H and O–H groups in total. The van der Waals surface area contributed by atoms with E-state index in [0.717, 1.165) is 28.0 Å². The van der Waals surface area contributed by atoms with Crippen molar-refractivity contribution in [3.8, 4) is 11.5 Å². The summed E-state index contributed by atoms with van der Waals surface area (Å²) in [4.78, 5) is 15.0. The molecule has 4 rings (SSSR count). The number of aromatic nitrogens is 4. The van der Waals surface area contributed by atoms with Gasteiger partial charge in [0.2, 0.25) is 0 Å². The Bertz CT molecular complexity index is 889. The highest BCUT2D eigenvalue weighted by atomic mass is 79.9. The number of rotatable bonds is 5. The highest BCUT2D eigenvalue weighted by Crippen LogP contribution is 2.36. The fraction of sp³-hybridized carbons (Fsp3) is 0.250. The Morgan fingerprint density at radius 1 is 1.30 bits per heavy atom. The van der Waals surface area contributed by atoms with Crippen LogP contribution in [0.3, 0.4) is 0 Å². The summed E-state index contributed by atoms with van der Waals surface area (Å²) in [5, 5.41) is 8.48. The average Bonchev–Trinajstić information content (AvgIpc) is 3.29. The van der Waals surface area contributed by atoms with Crippen molar-refractivity contribution in [2.24, 2.45) is 5.92 Å². The van der Waals surface area contributed by atoms with Crippen LogP contribution in [0.15, 0.2) is 34.9 Å². The van der Waals surface area contributed by atoms with Crippen LogP contribution in [-0.2, 0) is 6.54 Å². The SMILES string of the molecule is O=Cc1ncccc1Oc1ccc2c(nnn2CC2CC2)c1Br. The first kappa shape index (κ1) is 14.3. The molecule has 116 valence electrons. The number of benzene rings is 1. The second kappa shape index (κ2) is 5.73. The number of hydrogen-bond acceptors (Lipinski definition) is 5. The molecule has 1 saturated carbocycles. The quantitative estimate of drug-likeness (QED) is 0.639. The van der Waals surface area contributed by atoms with Gasteiger partial charge in [0.25, 0.3) is 0 Å². The number of carbonyl (C=O) groups is 1. The molecule has 23 heavy (non-hydrogen) atoms. The molecule has 0 aliphatic heterocycles. The van der Waals surface area contributed by atoms with Gasteiger partial charge in [0, 0.05) is 12.7 Å². The lowest BCUT2D eigenvalue weighted by Gasteiger charge is -2.09. The second-order valence-corrected chi connectivity index (χ2v) is 6.36. The van der Waals surface area contributed by atoms with E-state index in [1.165, 1.54) is 12.8 Å². The number of nitrogens with zero attached hydrogens (tertiary/aromatic N) is 4. The van der Waals surface area contributed by atoms with Gasteiger partial charge in [-0.3, -0.25) is 4.79 Å². The lowest BCUT2D eigenvalue weighted by Crippen LogP contribution is -2.01. The smallest absolute Gasteiger partial charge is 0.172 e. The molecule has 0 amide bonds. The highest BCUT2D eigenvalue weighted by molar-refractivity contribution is 9.10. The summed E-state index contributed by atoms with van der Waals surface area (Å²) in [6.07, 6.45) is 4.75. The monoisotopic (exact) mass is 372 g/mol. The van der Waals surface area contributed by atoms with E-state index in [4.69, 9.17) is 4.74 Å². The third-order valence-electron chi connectivity index (χ3n) is 3.85. The van der Waals surface area contributed by atoms with E-state index in [2.05, 4.69) is 31.2 Å². The maximum absolute atomic E-state index is 11.0. The maximum Gasteiger partial charge on any atom is 0.172 e. The van der Waals surface area contributed by atoms with Crippen molar-refractivity contribution in [3.05, 3.63) is 40.6 Å². The first-order valence-electron chi connectivity index (χ1n) is 7.36. The van der Waals surface area contributed by atoms with Crippen LogP contribution in [-0.4, -0.2) is 26.3 Å². The number of carbonyl (C=O) groups excluding carboxylic acids is 1. The summed E-state index contributed by atoms with van der Waals surface area (Å²) in [6.45, 7) is 0.904. The number of hydrogen-bond donors (Lipinski definition) is 0.